The van der Waals surface area contributed by atoms with Gasteiger partial charge in [0.15, 0.2) is 0 Å². The van der Waals surface area contributed by atoms with Crippen molar-refractivity contribution in [2.45, 2.75) is 31.8 Å². The Morgan fingerprint density at radius 2 is 2.35 bits per heavy atom. The van der Waals surface area contributed by atoms with Crippen LogP contribution in [0.15, 0.2) is 26.6 Å². The SMILES string of the molecule is CCCc1nc(S/C(=C\c2ccc(C)o2)C(=O)O)n[nH]1. The molecule has 0 saturated heterocycles. The molecule has 2 heterocycles. The van der Waals surface area contributed by atoms with E-state index in [0.717, 1.165) is 36.2 Å². The van der Waals surface area contributed by atoms with E-state index in [2.05, 4.69) is 15.2 Å². The van der Waals surface area contributed by atoms with Crippen molar-refractivity contribution in [2.24, 2.45) is 0 Å². The lowest BCUT2D eigenvalue weighted by Gasteiger charge is -1.97. The van der Waals surface area contributed by atoms with Gasteiger partial charge in [-0.25, -0.2) is 9.78 Å². The molecule has 0 spiro atoms. The third kappa shape index (κ3) is 3.74. The van der Waals surface area contributed by atoms with E-state index in [9.17, 15) is 9.90 Å². The number of hydrogen-bond donors (Lipinski definition) is 2. The maximum atomic E-state index is 11.3. The molecule has 0 aliphatic heterocycles. The molecule has 106 valence electrons. The number of furan rings is 1. The predicted octanol–water partition coefficient (Wildman–Crippen LogP) is 2.88. The average Bonchev–Trinajstić information content (AvgIpc) is 2.99. The smallest absolute Gasteiger partial charge is 0.342 e. The molecule has 0 aliphatic rings. The molecule has 6 nitrogen and oxygen atoms in total. The molecule has 20 heavy (non-hydrogen) atoms. The van der Waals surface area contributed by atoms with Gasteiger partial charge < -0.3 is 9.52 Å². The molecule has 0 bridgehead atoms. The number of carbonyl (C=O) groups is 1. The maximum Gasteiger partial charge on any atom is 0.342 e. The molecule has 0 unspecified atom stereocenters. The van der Waals surface area contributed by atoms with Gasteiger partial charge >= 0.3 is 5.97 Å². The molecular formula is C13H15N3O3S. The van der Waals surface area contributed by atoms with E-state index < -0.39 is 5.97 Å². The van der Waals surface area contributed by atoms with E-state index in [4.69, 9.17) is 4.42 Å². The predicted molar refractivity (Wildman–Crippen MR) is 75.3 cm³/mol. The van der Waals surface area contributed by atoms with Crippen molar-refractivity contribution in [3.8, 4) is 0 Å². The Labute approximate surface area is 120 Å². The first-order valence-electron chi connectivity index (χ1n) is 6.19. The zero-order valence-electron chi connectivity index (χ0n) is 11.2. The molecule has 2 N–H and O–H groups in total. The number of H-pyrrole nitrogens is 1. The number of thioether (sulfide) groups is 1. The highest BCUT2D eigenvalue weighted by atomic mass is 32.2. The van der Waals surface area contributed by atoms with Gasteiger partial charge in [0.1, 0.15) is 22.3 Å². The second-order valence-electron chi connectivity index (χ2n) is 4.18. The number of rotatable bonds is 6. The lowest BCUT2D eigenvalue weighted by Crippen LogP contribution is -1.97. The van der Waals surface area contributed by atoms with Gasteiger partial charge in [-0.15, -0.1) is 5.10 Å². The van der Waals surface area contributed by atoms with Crippen LogP contribution < -0.4 is 0 Å². The second-order valence-corrected chi connectivity index (χ2v) is 5.19. The number of aromatic amines is 1. The van der Waals surface area contributed by atoms with E-state index in [1.807, 2.05) is 6.92 Å². The van der Waals surface area contributed by atoms with Gasteiger partial charge in [-0.1, -0.05) is 6.92 Å². The normalized spacial score (nSPS) is 11.8. The Bertz CT molecular complexity index is 630. The largest absolute Gasteiger partial charge is 0.477 e. The molecule has 0 fully saturated rings. The third-order valence-electron chi connectivity index (χ3n) is 2.44. The first-order valence-corrected chi connectivity index (χ1v) is 7.00. The molecule has 7 heteroatoms. The van der Waals surface area contributed by atoms with Crippen molar-refractivity contribution < 1.29 is 14.3 Å². The van der Waals surface area contributed by atoms with Crippen LogP contribution in [0.3, 0.4) is 0 Å². The van der Waals surface area contributed by atoms with Crippen LogP contribution in [0.4, 0.5) is 0 Å². The first-order chi connectivity index (χ1) is 9.58. The fraction of sp³-hybridized carbons (Fsp3) is 0.308. The van der Waals surface area contributed by atoms with Crippen LogP contribution in [-0.4, -0.2) is 26.3 Å². The molecule has 0 saturated carbocycles. The summed E-state index contributed by atoms with van der Waals surface area (Å²) in [5.41, 5.74) is 0. The lowest BCUT2D eigenvalue weighted by atomic mass is 10.3. The molecule has 0 atom stereocenters. The topological polar surface area (TPSA) is 92.0 Å². The molecule has 2 aromatic rings. The zero-order valence-corrected chi connectivity index (χ0v) is 12.0. The van der Waals surface area contributed by atoms with Gasteiger partial charge in [0.2, 0.25) is 5.16 Å². The molecule has 2 aromatic heterocycles. The number of nitrogens with zero attached hydrogens (tertiary/aromatic N) is 2. The highest BCUT2D eigenvalue weighted by Crippen LogP contribution is 2.26. The Kier molecular flexibility index (Phi) is 4.62. The van der Waals surface area contributed by atoms with Crippen molar-refractivity contribution in [1.29, 1.82) is 0 Å². The number of carboxylic acid groups (broad SMARTS) is 1. The van der Waals surface area contributed by atoms with Crippen molar-refractivity contribution in [1.82, 2.24) is 15.2 Å². The minimum atomic E-state index is -1.04. The summed E-state index contributed by atoms with van der Waals surface area (Å²) in [6.45, 7) is 3.84. The van der Waals surface area contributed by atoms with E-state index in [-0.39, 0.29) is 4.91 Å². The highest BCUT2D eigenvalue weighted by Gasteiger charge is 2.14. The molecule has 2 rings (SSSR count). The van der Waals surface area contributed by atoms with Gasteiger partial charge in [-0.2, -0.15) is 0 Å². The summed E-state index contributed by atoms with van der Waals surface area (Å²) >= 11 is 0.996. The van der Waals surface area contributed by atoms with E-state index >= 15 is 0 Å². The van der Waals surface area contributed by atoms with E-state index in [1.54, 1.807) is 19.1 Å². The number of aromatic nitrogens is 3. The van der Waals surface area contributed by atoms with Crippen LogP contribution in [0, 0.1) is 6.92 Å². The summed E-state index contributed by atoms with van der Waals surface area (Å²) in [5.74, 6) is 0.949. The van der Waals surface area contributed by atoms with Crippen molar-refractivity contribution in [3.05, 3.63) is 34.4 Å². The summed E-state index contributed by atoms with van der Waals surface area (Å²) in [4.78, 5) is 15.6. The van der Waals surface area contributed by atoms with Gasteiger partial charge in [0.05, 0.1) is 0 Å². The fourth-order valence-electron chi connectivity index (χ4n) is 1.57. The Morgan fingerprint density at radius 3 is 2.95 bits per heavy atom. The van der Waals surface area contributed by atoms with E-state index in [0.29, 0.717) is 10.9 Å². The molecular weight excluding hydrogens is 278 g/mol. The lowest BCUT2D eigenvalue weighted by molar-refractivity contribution is -0.131. The van der Waals surface area contributed by atoms with Gasteiger partial charge in [-0.05, 0) is 37.2 Å². The van der Waals surface area contributed by atoms with Crippen LogP contribution in [0.5, 0.6) is 0 Å². The zero-order chi connectivity index (χ0) is 14.5. The van der Waals surface area contributed by atoms with Crippen molar-refractivity contribution >= 4 is 23.8 Å². The number of carboxylic acids is 1. The minimum absolute atomic E-state index is 0.112. The minimum Gasteiger partial charge on any atom is -0.477 e. The van der Waals surface area contributed by atoms with Crippen LogP contribution in [-0.2, 0) is 11.2 Å². The van der Waals surface area contributed by atoms with Crippen LogP contribution in [0.25, 0.3) is 6.08 Å². The second kappa shape index (κ2) is 6.42. The highest BCUT2D eigenvalue weighted by molar-refractivity contribution is 8.04. The Hall–Kier alpha value is -2.02. The van der Waals surface area contributed by atoms with Gasteiger partial charge in [-0.3, -0.25) is 5.10 Å². The third-order valence-corrected chi connectivity index (χ3v) is 3.32. The standard InChI is InChI=1S/C13H15N3O3S/c1-3-4-11-14-13(16-15-11)20-10(12(17)18)7-9-6-5-8(2)19-9/h5-7H,3-4H2,1-2H3,(H,17,18)(H,14,15,16)/b10-7-. The maximum absolute atomic E-state index is 11.3. The Morgan fingerprint density at radius 1 is 1.55 bits per heavy atom. The number of aliphatic carboxylic acids is 1. The molecule has 0 aliphatic carbocycles. The summed E-state index contributed by atoms with van der Waals surface area (Å²) in [7, 11) is 0. The number of hydrogen-bond acceptors (Lipinski definition) is 5. The summed E-state index contributed by atoms with van der Waals surface area (Å²) in [5, 5.41) is 16.4. The molecule has 0 aromatic carbocycles. The van der Waals surface area contributed by atoms with Gasteiger partial charge in [0, 0.05) is 12.5 Å². The summed E-state index contributed by atoms with van der Waals surface area (Å²) in [6.07, 6.45) is 3.21. The molecule has 0 radical (unpaired) electrons. The van der Waals surface area contributed by atoms with Crippen molar-refractivity contribution in [2.75, 3.05) is 0 Å². The van der Waals surface area contributed by atoms with E-state index in [1.165, 1.54) is 6.08 Å². The van der Waals surface area contributed by atoms with Crippen LogP contribution >= 0.6 is 11.8 Å². The summed E-state index contributed by atoms with van der Waals surface area (Å²) < 4.78 is 5.34. The van der Waals surface area contributed by atoms with Gasteiger partial charge in [0.25, 0.3) is 0 Å². The monoisotopic (exact) mass is 293 g/mol. The Balaban J connectivity index is 2.16. The van der Waals surface area contributed by atoms with Crippen LogP contribution in [0.2, 0.25) is 0 Å². The fourth-order valence-corrected chi connectivity index (χ4v) is 2.27. The van der Waals surface area contributed by atoms with Crippen LogP contribution in [0.1, 0.15) is 30.7 Å². The van der Waals surface area contributed by atoms with Crippen molar-refractivity contribution in [3.63, 3.8) is 0 Å². The first kappa shape index (κ1) is 14.4. The molecule has 0 amide bonds. The number of nitrogens with one attached hydrogen (secondary N) is 1. The summed E-state index contributed by atoms with van der Waals surface area (Å²) in [6, 6.07) is 3.50. The quantitative estimate of drug-likeness (QED) is 0.628. The average molecular weight is 293 g/mol. The number of aryl methyl sites for hydroxylation is 2.